The predicted molar refractivity (Wildman–Crippen MR) is 76.2 cm³/mol. The Kier molecular flexibility index (Phi) is 4.22. The summed E-state index contributed by atoms with van der Waals surface area (Å²) in [5, 5.41) is 6.23. The average Bonchev–Trinajstić information content (AvgIpc) is 2.71. The van der Waals surface area contributed by atoms with Crippen molar-refractivity contribution in [2.24, 2.45) is 0 Å². The number of nitrogens with one attached hydrogen (secondary N) is 2. The van der Waals surface area contributed by atoms with Crippen LogP contribution in [0.5, 0.6) is 0 Å². The molecule has 0 aromatic heterocycles. The average molecular weight is 262 g/mol. The maximum absolute atomic E-state index is 12.0. The third-order valence-corrected chi connectivity index (χ3v) is 3.96. The van der Waals surface area contributed by atoms with Gasteiger partial charge in [-0.25, -0.2) is 0 Å². The first-order valence-electron chi connectivity index (χ1n) is 6.73. The van der Waals surface area contributed by atoms with Crippen LogP contribution in [0.3, 0.4) is 0 Å². The molecule has 2 rings (SSSR count). The third kappa shape index (κ3) is 3.33. The summed E-state index contributed by atoms with van der Waals surface area (Å²) in [6, 6.07) is 7.78. The SMILES string of the molecule is Cc1ccccc1NC(=O)CNC1(C)CCOC1C. The van der Waals surface area contributed by atoms with Crippen LogP contribution in [-0.4, -0.2) is 30.7 Å². The Morgan fingerprint density at radius 1 is 1.47 bits per heavy atom. The van der Waals surface area contributed by atoms with Gasteiger partial charge in [0.05, 0.1) is 12.6 Å². The van der Waals surface area contributed by atoms with Gasteiger partial charge in [-0.3, -0.25) is 4.79 Å². The normalized spacial score (nSPS) is 26.4. The molecule has 1 aliphatic rings. The Morgan fingerprint density at radius 2 is 2.21 bits per heavy atom. The molecule has 1 aromatic rings. The number of carbonyl (C=O) groups excluding carboxylic acids is 1. The van der Waals surface area contributed by atoms with Crippen LogP contribution in [0.4, 0.5) is 5.69 Å². The summed E-state index contributed by atoms with van der Waals surface area (Å²) >= 11 is 0. The van der Waals surface area contributed by atoms with E-state index >= 15 is 0 Å². The Labute approximate surface area is 114 Å². The molecular formula is C15H22N2O2. The molecule has 2 N–H and O–H groups in total. The fourth-order valence-corrected chi connectivity index (χ4v) is 2.26. The first-order chi connectivity index (χ1) is 9.01. The first kappa shape index (κ1) is 14.0. The van der Waals surface area contributed by atoms with Crippen molar-refractivity contribution in [3.8, 4) is 0 Å². The van der Waals surface area contributed by atoms with Crippen molar-refractivity contribution in [1.82, 2.24) is 5.32 Å². The molecule has 4 nitrogen and oxygen atoms in total. The zero-order valence-corrected chi connectivity index (χ0v) is 11.8. The molecule has 1 amide bonds. The van der Waals surface area contributed by atoms with Crippen LogP contribution >= 0.6 is 0 Å². The fourth-order valence-electron chi connectivity index (χ4n) is 2.26. The van der Waals surface area contributed by atoms with Crippen LogP contribution in [0.1, 0.15) is 25.8 Å². The molecule has 2 atom stereocenters. The van der Waals surface area contributed by atoms with Gasteiger partial charge in [-0.2, -0.15) is 0 Å². The number of amides is 1. The van der Waals surface area contributed by atoms with Crippen LogP contribution in [0.15, 0.2) is 24.3 Å². The predicted octanol–water partition coefficient (Wildman–Crippen LogP) is 2.09. The summed E-state index contributed by atoms with van der Waals surface area (Å²) < 4.78 is 5.54. The maximum Gasteiger partial charge on any atom is 0.238 e. The second-order valence-corrected chi connectivity index (χ2v) is 5.40. The van der Waals surface area contributed by atoms with Gasteiger partial charge in [0.2, 0.25) is 5.91 Å². The van der Waals surface area contributed by atoms with Crippen molar-refractivity contribution in [2.75, 3.05) is 18.5 Å². The first-order valence-corrected chi connectivity index (χ1v) is 6.73. The number of benzene rings is 1. The number of aryl methyl sites for hydroxylation is 1. The molecule has 2 unspecified atom stereocenters. The van der Waals surface area contributed by atoms with Gasteiger partial charge in [0, 0.05) is 17.8 Å². The van der Waals surface area contributed by atoms with Crippen LogP contribution in [-0.2, 0) is 9.53 Å². The molecule has 1 aliphatic heterocycles. The van der Waals surface area contributed by atoms with Gasteiger partial charge in [-0.05, 0) is 38.8 Å². The van der Waals surface area contributed by atoms with Crippen LogP contribution in [0.25, 0.3) is 0 Å². The molecule has 104 valence electrons. The van der Waals surface area contributed by atoms with E-state index in [1.807, 2.05) is 38.1 Å². The number of ether oxygens (including phenoxy) is 1. The molecule has 0 spiro atoms. The molecule has 4 heteroatoms. The van der Waals surface area contributed by atoms with E-state index in [0.717, 1.165) is 24.3 Å². The van der Waals surface area contributed by atoms with Crippen LogP contribution in [0.2, 0.25) is 0 Å². The van der Waals surface area contributed by atoms with Gasteiger partial charge >= 0.3 is 0 Å². The Bertz CT molecular complexity index is 461. The lowest BCUT2D eigenvalue weighted by molar-refractivity contribution is -0.115. The Morgan fingerprint density at radius 3 is 2.84 bits per heavy atom. The summed E-state index contributed by atoms with van der Waals surface area (Å²) in [7, 11) is 0. The minimum absolute atomic E-state index is 0.0189. The maximum atomic E-state index is 12.0. The second-order valence-electron chi connectivity index (χ2n) is 5.40. The van der Waals surface area contributed by atoms with E-state index in [0.29, 0.717) is 6.54 Å². The smallest absolute Gasteiger partial charge is 0.238 e. The minimum Gasteiger partial charge on any atom is -0.377 e. The monoisotopic (exact) mass is 262 g/mol. The van der Waals surface area contributed by atoms with Crippen molar-refractivity contribution in [2.45, 2.75) is 38.8 Å². The van der Waals surface area contributed by atoms with E-state index in [2.05, 4.69) is 17.6 Å². The Hall–Kier alpha value is -1.39. The van der Waals surface area contributed by atoms with Gasteiger partial charge in [-0.15, -0.1) is 0 Å². The van der Waals surface area contributed by atoms with Crippen molar-refractivity contribution < 1.29 is 9.53 Å². The highest BCUT2D eigenvalue weighted by Crippen LogP contribution is 2.24. The number of para-hydroxylation sites is 1. The third-order valence-electron chi connectivity index (χ3n) is 3.96. The second kappa shape index (κ2) is 5.72. The van der Waals surface area contributed by atoms with E-state index in [-0.39, 0.29) is 17.6 Å². The summed E-state index contributed by atoms with van der Waals surface area (Å²) in [6.07, 6.45) is 1.07. The molecule has 0 radical (unpaired) electrons. The molecule has 0 bridgehead atoms. The molecule has 0 aliphatic carbocycles. The molecule has 1 aromatic carbocycles. The molecular weight excluding hydrogens is 240 g/mol. The van der Waals surface area contributed by atoms with Crippen LogP contribution in [0, 0.1) is 6.92 Å². The molecule has 0 saturated carbocycles. The quantitative estimate of drug-likeness (QED) is 0.873. The lowest BCUT2D eigenvalue weighted by Gasteiger charge is -2.28. The minimum atomic E-state index is -0.108. The van der Waals surface area contributed by atoms with Gasteiger partial charge in [0.1, 0.15) is 0 Å². The lowest BCUT2D eigenvalue weighted by Crippen LogP contribution is -2.50. The van der Waals surface area contributed by atoms with E-state index in [1.54, 1.807) is 0 Å². The highest BCUT2D eigenvalue weighted by atomic mass is 16.5. The van der Waals surface area contributed by atoms with E-state index in [4.69, 9.17) is 4.74 Å². The summed E-state index contributed by atoms with van der Waals surface area (Å²) in [4.78, 5) is 12.0. The largest absolute Gasteiger partial charge is 0.377 e. The highest BCUT2D eigenvalue weighted by Gasteiger charge is 2.36. The van der Waals surface area contributed by atoms with E-state index < -0.39 is 0 Å². The molecule has 19 heavy (non-hydrogen) atoms. The standard InChI is InChI=1S/C15H22N2O2/c1-11-6-4-5-7-13(11)17-14(18)10-16-15(3)8-9-19-12(15)2/h4-7,12,16H,8-10H2,1-3H3,(H,17,18). The van der Waals surface area contributed by atoms with Crippen molar-refractivity contribution in [3.63, 3.8) is 0 Å². The zero-order valence-electron chi connectivity index (χ0n) is 11.8. The van der Waals surface area contributed by atoms with Gasteiger partial charge < -0.3 is 15.4 Å². The van der Waals surface area contributed by atoms with Crippen molar-refractivity contribution in [1.29, 1.82) is 0 Å². The van der Waals surface area contributed by atoms with E-state index in [1.165, 1.54) is 0 Å². The van der Waals surface area contributed by atoms with Gasteiger partial charge in [0.25, 0.3) is 0 Å². The van der Waals surface area contributed by atoms with Gasteiger partial charge in [0.15, 0.2) is 0 Å². The van der Waals surface area contributed by atoms with Crippen molar-refractivity contribution in [3.05, 3.63) is 29.8 Å². The van der Waals surface area contributed by atoms with Crippen LogP contribution < -0.4 is 10.6 Å². The summed E-state index contributed by atoms with van der Waals surface area (Å²) in [5.74, 6) is -0.0189. The molecule has 1 heterocycles. The number of rotatable bonds is 4. The number of hydrogen-bond acceptors (Lipinski definition) is 3. The Balaban J connectivity index is 1.87. The number of hydrogen-bond donors (Lipinski definition) is 2. The highest BCUT2D eigenvalue weighted by molar-refractivity contribution is 5.92. The lowest BCUT2D eigenvalue weighted by atomic mass is 9.95. The molecule has 1 saturated heterocycles. The molecule has 1 fully saturated rings. The number of anilines is 1. The number of carbonyl (C=O) groups is 1. The fraction of sp³-hybridized carbons (Fsp3) is 0.533. The zero-order chi connectivity index (χ0) is 13.9. The summed E-state index contributed by atoms with van der Waals surface area (Å²) in [6.45, 7) is 7.19. The topological polar surface area (TPSA) is 50.4 Å². The summed E-state index contributed by atoms with van der Waals surface area (Å²) in [5.41, 5.74) is 1.83. The van der Waals surface area contributed by atoms with E-state index in [9.17, 15) is 4.79 Å². The van der Waals surface area contributed by atoms with Gasteiger partial charge in [-0.1, -0.05) is 18.2 Å². The van der Waals surface area contributed by atoms with Crippen molar-refractivity contribution >= 4 is 11.6 Å².